The molecule has 0 aliphatic heterocycles. The molecule has 0 aromatic carbocycles. The van der Waals surface area contributed by atoms with E-state index in [1.807, 2.05) is 0 Å². The fraction of sp³-hybridized carbons (Fsp3) is 0.938. The second-order valence-corrected chi connectivity index (χ2v) is 7.01. The molecule has 3 fully saturated rings. The maximum atomic E-state index is 12.5. The summed E-state index contributed by atoms with van der Waals surface area (Å²) in [5, 5.41) is 3.26. The summed E-state index contributed by atoms with van der Waals surface area (Å²) in [6.07, 6.45) is 10.0. The van der Waals surface area contributed by atoms with E-state index in [1.54, 1.807) is 0 Å². The van der Waals surface area contributed by atoms with Crippen molar-refractivity contribution in [3.63, 3.8) is 0 Å². The fourth-order valence-corrected chi connectivity index (χ4v) is 4.35. The highest BCUT2D eigenvalue weighted by Gasteiger charge is 2.59. The molecule has 1 amide bonds. The fourth-order valence-electron chi connectivity index (χ4n) is 4.35. The lowest BCUT2D eigenvalue weighted by Gasteiger charge is -2.61. The van der Waals surface area contributed by atoms with Gasteiger partial charge in [-0.15, -0.1) is 0 Å². The topological polar surface area (TPSA) is 64.3 Å². The summed E-state index contributed by atoms with van der Waals surface area (Å²) < 4.78 is 5.84. The molecule has 114 valence electrons. The van der Waals surface area contributed by atoms with Crippen molar-refractivity contribution < 1.29 is 9.53 Å². The minimum absolute atomic E-state index is 0.0865. The van der Waals surface area contributed by atoms with Gasteiger partial charge in [0.25, 0.3) is 0 Å². The van der Waals surface area contributed by atoms with Gasteiger partial charge in [-0.1, -0.05) is 25.7 Å². The van der Waals surface area contributed by atoms with Crippen LogP contribution in [-0.2, 0) is 9.53 Å². The van der Waals surface area contributed by atoms with Crippen LogP contribution in [0.3, 0.4) is 0 Å². The van der Waals surface area contributed by atoms with E-state index in [-0.39, 0.29) is 11.3 Å². The number of amides is 1. The van der Waals surface area contributed by atoms with Gasteiger partial charge in [0.2, 0.25) is 5.91 Å². The van der Waals surface area contributed by atoms with Crippen molar-refractivity contribution >= 4 is 5.91 Å². The molecule has 4 nitrogen and oxygen atoms in total. The summed E-state index contributed by atoms with van der Waals surface area (Å²) in [5.41, 5.74) is 5.95. The molecule has 20 heavy (non-hydrogen) atoms. The molecule has 4 heteroatoms. The largest absolute Gasteiger partial charge is 0.378 e. The summed E-state index contributed by atoms with van der Waals surface area (Å²) in [4.78, 5) is 12.5. The SMILES string of the molecule is CCOC1CC(NC(=O)C2(N)CCCCC2)C12CCC2. The number of carbonyl (C=O) groups is 1. The van der Waals surface area contributed by atoms with Gasteiger partial charge in [-0.05, 0) is 39.0 Å². The highest BCUT2D eigenvalue weighted by atomic mass is 16.5. The van der Waals surface area contributed by atoms with Crippen LogP contribution in [0.4, 0.5) is 0 Å². The van der Waals surface area contributed by atoms with E-state index in [9.17, 15) is 4.79 Å². The lowest BCUT2D eigenvalue weighted by Crippen LogP contribution is -2.70. The molecule has 3 N–H and O–H groups in total. The van der Waals surface area contributed by atoms with E-state index < -0.39 is 5.54 Å². The van der Waals surface area contributed by atoms with Gasteiger partial charge in [0.15, 0.2) is 0 Å². The molecule has 3 rings (SSSR count). The Kier molecular flexibility index (Phi) is 3.80. The zero-order valence-corrected chi connectivity index (χ0v) is 12.6. The average molecular weight is 280 g/mol. The third kappa shape index (κ3) is 2.17. The van der Waals surface area contributed by atoms with Crippen molar-refractivity contribution in [2.75, 3.05) is 6.61 Å². The minimum Gasteiger partial charge on any atom is -0.378 e. The molecule has 3 aliphatic carbocycles. The monoisotopic (exact) mass is 280 g/mol. The van der Waals surface area contributed by atoms with Crippen molar-refractivity contribution in [3.8, 4) is 0 Å². The smallest absolute Gasteiger partial charge is 0.240 e. The van der Waals surface area contributed by atoms with Crippen LogP contribution in [0, 0.1) is 5.41 Å². The number of rotatable bonds is 4. The molecular weight excluding hydrogens is 252 g/mol. The van der Waals surface area contributed by atoms with Crippen molar-refractivity contribution in [1.82, 2.24) is 5.32 Å². The van der Waals surface area contributed by atoms with E-state index in [0.29, 0.717) is 12.1 Å². The Hall–Kier alpha value is -0.610. The number of carbonyl (C=O) groups excluding carboxylic acids is 1. The predicted molar refractivity (Wildman–Crippen MR) is 78.2 cm³/mol. The lowest BCUT2D eigenvalue weighted by molar-refractivity contribution is -0.177. The zero-order chi connectivity index (χ0) is 14.2. The predicted octanol–water partition coefficient (Wildman–Crippen LogP) is 2.11. The molecule has 2 unspecified atom stereocenters. The third-order valence-electron chi connectivity index (χ3n) is 5.94. The molecule has 0 saturated heterocycles. The van der Waals surface area contributed by atoms with Gasteiger partial charge >= 0.3 is 0 Å². The van der Waals surface area contributed by atoms with Gasteiger partial charge in [-0.2, -0.15) is 0 Å². The number of hydrogen-bond donors (Lipinski definition) is 2. The van der Waals surface area contributed by atoms with Crippen LogP contribution in [0.25, 0.3) is 0 Å². The van der Waals surface area contributed by atoms with Crippen molar-refractivity contribution in [2.45, 2.75) is 82.4 Å². The molecule has 0 heterocycles. The van der Waals surface area contributed by atoms with Crippen molar-refractivity contribution in [1.29, 1.82) is 0 Å². The van der Waals surface area contributed by atoms with Gasteiger partial charge in [0.1, 0.15) is 0 Å². The van der Waals surface area contributed by atoms with Crippen LogP contribution in [0.1, 0.15) is 64.7 Å². The first kappa shape index (κ1) is 14.3. The Balaban J connectivity index is 1.59. The van der Waals surface area contributed by atoms with E-state index in [1.165, 1.54) is 25.7 Å². The number of nitrogens with one attached hydrogen (secondary N) is 1. The Labute approximate surface area is 121 Å². The summed E-state index contributed by atoms with van der Waals surface area (Å²) in [6.45, 7) is 2.82. The Morgan fingerprint density at radius 1 is 1.20 bits per heavy atom. The standard InChI is InChI=1S/C16H28N2O2/c1-2-20-13-11-12(15(13)7-6-8-15)18-14(19)16(17)9-4-3-5-10-16/h12-13H,2-11,17H2,1H3,(H,18,19). The molecule has 3 saturated carbocycles. The lowest BCUT2D eigenvalue weighted by atomic mass is 9.51. The molecule has 3 aliphatic rings. The highest BCUT2D eigenvalue weighted by Crippen LogP contribution is 2.57. The summed E-state index contributed by atoms with van der Waals surface area (Å²) in [6, 6.07) is 0.294. The van der Waals surface area contributed by atoms with Crippen LogP contribution < -0.4 is 11.1 Å². The Morgan fingerprint density at radius 3 is 2.45 bits per heavy atom. The van der Waals surface area contributed by atoms with E-state index in [4.69, 9.17) is 10.5 Å². The van der Waals surface area contributed by atoms with Gasteiger partial charge < -0.3 is 15.8 Å². The maximum Gasteiger partial charge on any atom is 0.240 e. The summed E-state index contributed by atoms with van der Waals surface area (Å²) in [7, 11) is 0. The first-order chi connectivity index (χ1) is 9.61. The van der Waals surface area contributed by atoms with Crippen LogP contribution >= 0.6 is 0 Å². The second-order valence-electron chi connectivity index (χ2n) is 7.01. The Morgan fingerprint density at radius 2 is 1.90 bits per heavy atom. The maximum absolute atomic E-state index is 12.5. The zero-order valence-electron chi connectivity index (χ0n) is 12.6. The third-order valence-corrected chi connectivity index (χ3v) is 5.94. The molecule has 0 aromatic rings. The molecule has 0 radical (unpaired) electrons. The Bertz CT molecular complexity index is 373. The molecule has 0 bridgehead atoms. The quantitative estimate of drug-likeness (QED) is 0.829. The van der Waals surface area contributed by atoms with Crippen molar-refractivity contribution in [3.05, 3.63) is 0 Å². The first-order valence-corrected chi connectivity index (χ1v) is 8.32. The van der Waals surface area contributed by atoms with Gasteiger partial charge in [0, 0.05) is 18.1 Å². The molecular formula is C16H28N2O2. The molecule has 0 aromatic heterocycles. The van der Waals surface area contributed by atoms with E-state index >= 15 is 0 Å². The van der Waals surface area contributed by atoms with Crippen LogP contribution in [0.5, 0.6) is 0 Å². The van der Waals surface area contributed by atoms with Crippen LogP contribution in [0.2, 0.25) is 0 Å². The minimum atomic E-state index is -0.611. The van der Waals surface area contributed by atoms with Crippen LogP contribution in [0.15, 0.2) is 0 Å². The van der Waals surface area contributed by atoms with Crippen LogP contribution in [-0.4, -0.2) is 30.2 Å². The molecule has 2 atom stereocenters. The summed E-state index contributed by atoms with van der Waals surface area (Å²) >= 11 is 0. The first-order valence-electron chi connectivity index (χ1n) is 8.32. The summed E-state index contributed by atoms with van der Waals surface area (Å²) in [5.74, 6) is 0.0865. The molecule has 1 spiro atoms. The van der Waals surface area contributed by atoms with Gasteiger partial charge in [0.05, 0.1) is 11.6 Å². The van der Waals surface area contributed by atoms with Crippen molar-refractivity contribution in [2.24, 2.45) is 11.1 Å². The normalized spacial score (nSPS) is 34.1. The van der Waals surface area contributed by atoms with Gasteiger partial charge in [-0.25, -0.2) is 0 Å². The average Bonchev–Trinajstić information content (AvgIpc) is 2.36. The van der Waals surface area contributed by atoms with E-state index in [0.717, 1.165) is 38.7 Å². The second kappa shape index (κ2) is 5.30. The highest BCUT2D eigenvalue weighted by molar-refractivity contribution is 5.86. The number of nitrogens with two attached hydrogens (primary N) is 1. The number of hydrogen-bond acceptors (Lipinski definition) is 3. The van der Waals surface area contributed by atoms with E-state index in [2.05, 4.69) is 12.2 Å². The van der Waals surface area contributed by atoms with Gasteiger partial charge in [-0.3, -0.25) is 4.79 Å². The number of ether oxygens (including phenoxy) is 1.